The van der Waals surface area contributed by atoms with Gasteiger partial charge in [-0.05, 0) is 49.2 Å². The summed E-state index contributed by atoms with van der Waals surface area (Å²) in [6.07, 6.45) is 0. The number of anilines is 1. The first kappa shape index (κ1) is 18.4. The van der Waals surface area contributed by atoms with E-state index in [1.165, 1.54) is 22.0 Å². The summed E-state index contributed by atoms with van der Waals surface area (Å²) in [6.45, 7) is 3.39. The van der Waals surface area contributed by atoms with E-state index in [4.69, 9.17) is 5.26 Å². The summed E-state index contributed by atoms with van der Waals surface area (Å²) < 4.78 is 1.30. The molecule has 2 N–H and O–H groups in total. The summed E-state index contributed by atoms with van der Waals surface area (Å²) in [5.41, 5.74) is 2.51. The van der Waals surface area contributed by atoms with Crippen molar-refractivity contribution in [2.45, 2.75) is 20.4 Å². The molecule has 0 saturated heterocycles. The number of aromatic hydroxyl groups is 1. The van der Waals surface area contributed by atoms with Crippen LogP contribution in [0.3, 0.4) is 0 Å². The zero-order valence-corrected chi connectivity index (χ0v) is 15.6. The second-order valence-electron chi connectivity index (χ2n) is 6.13. The number of rotatable bonds is 4. The topological polar surface area (TPSA) is 95.1 Å². The molecule has 2 aromatic heterocycles. The fourth-order valence-corrected chi connectivity index (χ4v) is 3.51. The minimum Gasteiger partial charge on any atom is -0.508 e. The van der Waals surface area contributed by atoms with Gasteiger partial charge >= 0.3 is 0 Å². The van der Waals surface area contributed by atoms with Crippen LogP contribution < -0.4 is 10.9 Å². The molecule has 0 atom stereocenters. The molecule has 0 aliphatic heterocycles. The molecule has 0 fully saturated rings. The van der Waals surface area contributed by atoms with E-state index in [-0.39, 0.29) is 18.2 Å². The Morgan fingerprint density at radius 2 is 2.00 bits per heavy atom. The van der Waals surface area contributed by atoms with Gasteiger partial charge in [-0.25, -0.2) is 0 Å². The maximum atomic E-state index is 12.4. The van der Waals surface area contributed by atoms with Crippen LogP contribution >= 0.6 is 11.3 Å². The summed E-state index contributed by atoms with van der Waals surface area (Å²) in [4.78, 5) is 26.0. The van der Waals surface area contributed by atoms with Crippen LogP contribution in [0.5, 0.6) is 5.75 Å². The van der Waals surface area contributed by atoms with Crippen LogP contribution in [-0.2, 0) is 11.3 Å². The molecule has 1 aromatic carbocycles. The molecule has 0 unspecified atom stereocenters. The largest absolute Gasteiger partial charge is 0.508 e. The van der Waals surface area contributed by atoms with Gasteiger partial charge in [-0.15, -0.1) is 11.3 Å². The molecule has 7 heteroatoms. The van der Waals surface area contributed by atoms with Gasteiger partial charge in [0.05, 0.1) is 0 Å². The van der Waals surface area contributed by atoms with E-state index in [1.807, 2.05) is 31.2 Å². The Balaban J connectivity index is 1.83. The number of thiophene rings is 1. The molecule has 2 heterocycles. The molecule has 1 amide bonds. The molecule has 3 rings (SSSR count). The summed E-state index contributed by atoms with van der Waals surface area (Å²) >= 11 is 1.38. The highest BCUT2D eigenvalue weighted by Crippen LogP contribution is 2.30. The van der Waals surface area contributed by atoms with Crippen molar-refractivity contribution >= 4 is 22.9 Å². The van der Waals surface area contributed by atoms with Crippen LogP contribution in [0.4, 0.5) is 5.69 Å². The SMILES string of the molecule is Cc1ccc(-c2ccc(C#N)s2)cc1NC(=O)Cn1c(C)cc(O)cc1=O. The van der Waals surface area contributed by atoms with Gasteiger partial charge in [0.25, 0.3) is 5.56 Å². The molecular formula is C20H17N3O3S. The maximum Gasteiger partial charge on any atom is 0.254 e. The standard InChI is InChI=1S/C20H17N3O3S/c1-12-3-4-14(18-6-5-16(10-21)27-18)8-17(12)22-19(25)11-23-13(2)7-15(24)9-20(23)26/h3-9,24H,11H2,1-2H3,(H,22,25). The normalized spacial score (nSPS) is 10.4. The van der Waals surface area contributed by atoms with Gasteiger partial charge in [-0.3, -0.25) is 9.59 Å². The number of nitrogens with zero attached hydrogens (tertiary/aromatic N) is 2. The number of benzene rings is 1. The fraction of sp³-hybridized carbons (Fsp3) is 0.150. The Kier molecular flexibility index (Phi) is 5.10. The highest BCUT2D eigenvalue weighted by atomic mass is 32.1. The first-order valence-corrected chi connectivity index (χ1v) is 9.00. The van der Waals surface area contributed by atoms with Crippen molar-refractivity contribution in [3.05, 3.63) is 69.0 Å². The van der Waals surface area contributed by atoms with Crippen LogP contribution in [-0.4, -0.2) is 15.6 Å². The summed E-state index contributed by atoms with van der Waals surface area (Å²) in [5.74, 6) is -0.458. The Bertz CT molecular complexity index is 1120. The lowest BCUT2D eigenvalue weighted by Gasteiger charge is -2.13. The smallest absolute Gasteiger partial charge is 0.254 e. The second kappa shape index (κ2) is 7.48. The third-order valence-electron chi connectivity index (χ3n) is 4.13. The molecule has 0 aliphatic rings. The monoisotopic (exact) mass is 379 g/mol. The van der Waals surface area contributed by atoms with Crippen molar-refractivity contribution in [2.24, 2.45) is 0 Å². The number of carbonyl (C=O) groups is 1. The molecule has 0 radical (unpaired) electrons. The van der Waals surface area contributed by atoms with Gasteiger partial charge in [-0.1, -0.05) is 12.1 Å². The van der Waals surface area contributed by atoms with Gasteiger partial charge in [0, 0.05) is 22.3 Å². The van der Waals surface area contributed by atoms with Crippen LogP contribution in [0.1, 0.15) is 16.1 Å². The average molecular weight is 379 g/mol. The van der Waals surface area contributed by atoms with Gasteiger partial charge in [-0.2, -0.15) is 5.26 Å². The van der Waals surface area contributed by atoms with E-state index in [0.29, 0.717) is 16.3 Å². The number of hydrogen-bond acceptors (Lipinski definition) is 5. The van der Waals surface area contributed by atoms with E-state index in [1.54, 1.807) is 13.0 Å². The number of amides is 1. The molecule has 6 nitrogen and oxygen atoms in total. The van der Waals surface area contributed by atoms with Crippen molar-refractivity contribution in [2.75, 3.05) is 5.32 Å². The summed E-state index contributed by atoms with van der Waals surface area (Å²) in [7, 11) is 0. The van der Waals surface area contributed by atoms with Crippen molar-refractivity contribution < 1.29 is 9.90 Å². The number of aromatic nitrogens is 1. The minimum atomic E-state index is -0.434. The van der Waals surface area contributed by atoms with E-state index in [2.05, 4.69) is 11.4 Å². The van der Waals surface area contributed by atoms with Crippen LogP contribution in [0.25, 0.3) is 10.4 Å². The highest BCUT2D eigenvalue weighted by Gasteiger charge is 2.11. The van der Waals surface area contributed by atoms with Crippen LogP contribution in [0, 0.1) is 25.2 Å². The van der Waals surface area contributed by atoms with E-state index < -0.39 is 5.56 Å². The van der Waals surface area contributed by atoms with Crippen molar-refractivity contribution in [1.82, 2.24) is 4.57 Å². The van der Waals surface area contributed by atoms with Gasteiger partial charge in [0.1, 0.15) is 23.2 Å². The molecular weight excluding hydrogens is 362 g/mol. The zero-order chi connectivity index (χ0) is 19.6. The quantitative estimate of drug-likeness (QED) is 0.726. The van der Waals surface area contributed by atoms with Gasteiger partial charge in [0.2, 0.25) is 5.91 Å². The maximum absolute atomic E-state index is 12.4. The first-order valence-electron chi connectivity index (χ1n) is 8.18. The summed E-state index contributed by atoms with van der Waals surface area (Å²) in [6, 6.07) is 14.0. The van der Waals surface area contributed by atoms with Crippen LogP contribution in [0.2, 0.25) is 0 Å². The number of pyridine rings is 1. The average Bonchev–Trinajstić information content (AvgIpc) is 3.09. The fourth-order valence-electron chi connectivity index (χ4n) is 2.71. The molecule has 0 spiro atoms. The number of nitrogens with one attached hydrogen (secondary N) is 1. The lowest BCUT2D eigenvalue weighted by Crippen LogP contribution is -2.28. The summed E-state index contributed by atoms with van der Waals surface area (Å²) in [5, 5.41) is 21.3. The number of hydrogen-bond donors (Lipinski definition) is 2. The first-order chi connectivity index (χ1) is 12.9. The zero-order valence-electron chi connectivity index (χ0n) is 14.8. The predicted octanol–water partition coefficient (Wildman–Crippen LogP) is 3.41. The lowest BCUT2D eigenvalue weighted by molar-refractivity contribution is -0.116. The van der Waals surface area contributed by atoms with Gasteiger partial charge < -0.3 is 15.0 Å². The number of carbonyl (C=O) groups excluding carboxylic acids is 1. The molecule has 0 saturated carbocycles. The highest BCUT2D eigenvalue weighted by molar-refractivity contribution is 7.16. The number of nitriles is 1. The third-order valence-corrected chi connectivity index (χ3v) is 5.17. The van der Waals surface area contributed by atoms with E-state index in [9.17, 15) is 14.7 Å². The third kappa shape index (κ3) is 4.07. The Labute approximate surface area is 160 Å². The number of aryl methyl sites for hydroxylation is 2. The van der Waals surface area contributed by atoms with Crippen LogP contribution in [0.15, 0.2) is 47.3 Å². The molecule has 27 heavy (non-hydrogen) atoms. The Hall–Kier alpha value is -3.37. The van der Waals surface area contributed by atoms with Crippen molar-refractivity contribution in [3.8, 4) is 22.3 Å². The molecule has 0 aliphatic carbocycles. The molecule has 3 aromatic rings. The minimum absolute atomic E-state index is 0.120. The molecule has 136 valence electrons. The van der Waals surface area contributed by atoms with Crippen molar-refractivity contribution in [1.29, 1.82) is 5.26 Å². The van der Waals surface area contributed by atoms with E-state index in [0.717, 1.165) is 22.1 Å². The Morgan fingerprint density at radius 3 is 2.67 bits per heavy atom. The predicted molar refractivity (Wildman–Crippen MR) is 105 cm³/mol. The second-order valence-corrected chi connectivity index (χ2v) is 7.22. The van der Waals surface area contributed by atoms with Gasteiger partial charge in [0.15, 0.2) is 0 Å². The lowest BCUT2D eigenvalue weighted by atomic mass is 10.1. The van der Waals surface area contributed by atoms with E-state index >= 15 is 0 Å². The molecule has 0 bridgehead atoms. The van der Waals surface area contributed by atoms with Crippen molar-refractivity contribution in [3.63, 3.8) is 0 Å². The Morgan fingerprint density at radius 1 is 1.22 bits per heavy atom.